The molecule has 2 heterocycles. The molecule has 0 bridgehead atoms. The molecule has 0 aromatic carbocycles. The molecule has 0 spiro atoms. The van der Waals surface area contributed by atoms with Crippen molar-refractivity contribution in [2.24, 2.45) is 0 Å². The van der Waals surface area contributed by atoms with Gasteiger partial charge in [-0.3, -0.25) is 4.78 Å². The molecule has 1 aromatic heterocycles. The number of hydrogen-bond donors (Lipinski definition) is 1. The van der Waals surface area contributed by atoms with Gasteiger partial charge in [0.1, 0.15) is 5.82 Å². The van der Waals surface area contributed by atoms with Crippen LogP contribution in [0.25, 0.3) is 0 Å². The standard InChI is InChI=1S/C14H22N4O4S2/c1-10-9-22-7-6-18(10)12-8-11(14(4-5-14)24(3,15)21)16-13(17-12)23(2,19)20/h8,10,15H,4-7,9H2,1-3H3/t10-,24-/m1/s1. The number of rotatable bonds is 4. The fourth-order valence-electron chi connectivity index (χ4n) is 2.99. The summed E-state index contributed by atoms with van der Waals surface area (Å²) in [7, 11) is -6.51. The zero-order chi connectivity index (χ0) is 17.8. The first-order valence-corrected chi connectivity index (χ1v) is 11.6. The summed E-state index contributed by atoms with van der Waals surface area (Å²) in [4.78, 5) is 10.4. The van der Waals surface area contributed by atoms with E-state index in [-0.39, 0.29) is 11.2 Å². The lowest BCUT2D eigenvalue weighted by Crippen LogP contribution is -2.44. The first kappa shape index (κ1) is 17.6. The van der Waals surface area contributed by atoms with Gasteiger partial charge >= 0.3 is 0 Å². The number of hydrogen-bond acceptors (Lipinski definition) is 8. The summed E-state index contributed by atoms with van der Waals surface area (Å²) in [5.41, 5.74) is 0.397. The molecule has 2 aliphatic rings. The molecule has 1 saturated carbocycles. The second-order valence-corrected chi connectivity index (χ2v) is 11.0. The van der Waals surface area contributed by atoms with Gasteiger partial charge in [0.2, 0.25) is 15.0 Å². The number of sulfone groups is 1. The van der Waals surface area contributed by atoms with E-state index in [4.69, 9.17) is 9.52 Å². The lowest BCUT2D eigenvalue weighted by Gasteiger charge is -2.34. The van der Waals surface area contributed by atoms with Crippen molar-refractivity contribution in [2.45, 2.75) is 35.7 Å². The molecule has 10 heteroatoms. The van der Waals surface area contributed by atoms with Gasteiger partial charge in [0.25, 0.3) is 0 Å². The Morgan fingerprint density at radius 2 is 1.96 bits per heavy atom. The van der Waals surface area contributed by atoms with Gasteiger partial charge < -0.3 is 9.64 Å². The van der Waals surface area contributed by atoms with Crippen LogP contribution in [0, 0.1) is 4.78 Å². The molecule has 1 aromatic rings. The van der Waals surface area contributed by atoms with Crippen molar-refractivity contribution in [2.75, 3.05) is 37.2 Å². The van der Waals surface area contributed by atoms with Gasteiger partial charge in [0.05, 0.1) is 39.4 Å². The predicted molar refractivity (Wildman–Crippen MR) is 90.5 cm³/mol. The largest absolute Gasteiger partial charge is 0.377 e. The van der Waals surface area contributed by atoms with Gasteiger partial charge in [0, 0.05) is 25.1 Å². The Bertz CT molecular complexity index is 863. The third-order valence-corrected chi connectivity index (χ3v) is 7.56. The minimum Gasteiger partial charge on any atom is -0.377 e. The molecule has 2 atom stereocenters. The molecule has 1 saturated heterocycles. The van der Waals surface area contributed by atoms with Crippen molar-refractivity contribution >= 4 is 25.4 Å². The highest BCUT2D eigenvalue weighted by Gasteiger charge is 2.53. The van der Waals surface area contributed by atoms with Crippen LogP contribution >= 0.6 is 0 Å². The molecule has 1 N–H and O–H groups in total. The maximum atomic E-state index is 12.4. The summed E-state index contributed by atoms with van der Waals surface area (Å²) in [6.45, 7) is 3.63. The molecule has 24 heavy (non-hydrogen) atoms. The SMILES string of the molecule is C[C@@H]1COCCN1c1cc(C2([S@](C)(=N)=O)CC2)nc(S(C)(=O)=O)n1. The van der Waals surface area contributed by atoms with E-state index in [1.165, 1.54) is 6.26 Å². The van der Waals surface area contributed by atoms with E-state index in [1.54, 1.807) is 6.07 Å². The molecule has 2 fully saturated rings. The first-order chi connectivity index (χ1) is 11.0. The summed E-state index contributed by atoms with van der Waals surface area (Å²) < 4.78 is 49.0. The molecule has 0 radical (unpaired) electrons. The normalized spacial score (nSPS) is 26.0. The fourth-order valence-corrected chi connectivity index (χ4v) is 4.89. The smallest absolute Gasteiger partial charge is 0.249 e. The van der Waals surface area contributed by atoms with E-state index in [1.807, 2.05) is 11.8 Å². The van der Waals surface area contributed by atoms with Crippen LogP contribution in [0.3, 0.4) is 0 Å². The van der Waals surface area contributed by atoms with Crippen LogP contribution in [0.4, 0.5) is 5.82 Å². The first-order valence-electron chi connectivity index (χ1n) is 7.72. The van der Waals surface area contributed by atoms with Crippen molar-refractivity contribution in [3.05, 3.63) is 11.8 Å². The summed E-state index contributed by atoms with van der Waals surface area (Å²) in [5.74, 6) is 0.492. The van der Waals surface area contributed by atoms with E-state index >= 15 is 0 Å². The van der Waals surface area contributed by atoms with Crippen LogP contribution < -0.4 is 4.90 Å². The molecule has 1 aliphatic carbocycles. The minimum atomic E-state index is -3.62. The highest BCUT2D eigenvalue weighted by atomic mass is 32.2. The maximum Gasteiger partial charge on any atom is 0.249 e. The van der Waals surface area contributed by atoms with Gasteiger partial charge in [-0.25, -0.2) is 22.6 Å². The van der Waals surface area contributed by atoms with Gasteiger partial charge in [-0.2, -0.15) is 0 Å². The molecule has 3 rings (SSSR count). The van der Waals surface area contributed by atoms with Gasteiger partial charge in [0.15, 0.2) is 0 Å². The van der Waals surface area contributed by atoms with E-state index in [0.29, 0.717) is 44.1 Å². The Labute approximate surface area is 142 Å². The van der Waals surface area contributed by atoms with Gasteiger partial charge in [-0.05, 0) is 19.8 Å². The summed E-state index contributed by atoms with van der Waals surface area (Å²) >= 11 is 0. The Morgan fingerprint density at radius 3 is 2.46 bits per heavy atom. The second-order valence-electron chi connectivity index (χ2n) is 6.62. The molecule has 0 amide bonds. The van der Waals surface area contributed by atoms with E-state index in [9.17, 15) is 12.6 Å². The number of ether oxygens (including phenoxy) is 1. The van der Waals surface area contributed by atoms with E-state index in [0.717, 1.165) is 6.26 Å². The van der Waals surface area contributed by atoms with Crippen molar-refractivity contribution in [1.82, 2.24) is 9.97 Å². The zero-order valence-electron chi connectivity index (χ0n) is 14.0. The van der Waals surface area contributed by atoms with Crippen LogP contribution in [0.15, 0.2) is 11.2 Å². The van der Waals surface area contributed by atoms with Gasteiger partial charge in [-0.15, -0.1) is 0 Å². The van der Waals surface area contributed by atoms with E-state index < -0.39 is 24.3 Å². The number of nitrogens with zero attached hydrogens (tertiary/aromatic N) is 3. The quantitative estimate of drug-likeness (QED) is 0.774. The van der Waals surface area contributed by atoms with Crippen molar-refractivity contribution in [1.29, 1.82) is 4.78 Å². The Balaban J connectivity index is 2.15. The van der Waals surface area contributed by atoms with Crippen LogP contribution in [0.1, 0.15) is 25.5 Å². The van der Waals surface area contributed by atoms with Crippen LogP contribution in [0.5, 0.6) is 0 Å². The summed E-state index contributed by atoms with van der Waals surface area (Å²) in [6, 6.07) is 1.74. The molecule has 134 valence electrons. The number of anilines is 1. The van der Waals surface area contributed by atoms with Crippen LogP contribution in [0.2, 0.25) is 0 Å². The lowest BCUT2D eigenvalue weighted by atomic mass is 10.2. The van der Waals surface area contributed by atoms with Crippen molar-refractivity contribution < 1.29 is 17.4 Å². The topological polar surface area (TPSA) is 113 Å². The molecule has 8 nitrogen and oxygen atoms in total. The van der Waals surface area contributed by atoms with Gasteiger partial charge in [-0.1, -0.05) is 0 Å². The van der Waals surface area contributed by atoms with E-state index in [2.05, 4.69) is 9.97 Å². The molecule has 1 aliphatic heterocycles. The monoisotopic (exact) mass is 374 g/mol. The zero-order valence-corrected chi connectivity index (χ0v) is 15.6. The maximum absolute atomic E-state index is 12.4. The minimum absolute atomic E-state index is 0.0473. The number of aromatic nitrogens is 2. The molecule has 0 unspecified atom stereocenters. The third kappa shape index (κ3) is 3.02. The third-order valence-electron chi connectivity index (χ3n) is 4.60. The molecular formula is C14H22N4O4S2. The highest BCUT2D eigenvalue weighted by molar-refractivity contribution is 7.93. The predicted octanol–water partition coefficient (Wildman–Crippen LogP) is 0.771. The lowest BCUT2D eigenvalue weighted by molar-refractivity contribution is 0.0984. The van der Waals surface area contributed by atoms with Crippen LogP contribution in [-0.4, -0.2) is 60.9 Å². The number of morpholine rings is 1. The average Bonchev–Trinajstić information content (AvgIpc) is 3.27. The molecular weight excluding hydrogens is 352 g/mol. The number of nitrogens with one attached hydrogen (secondary N) is 1. The van der Waals surface area contributed by atoms with Crippen LogP contribution in [-0.2, 0) is 29.1 Å². The fraction of sp³-hybridized carbons (Fsp3) is 0.714. The summed E-state index contributed by atoms with van der Waals surface area (Å²) in [5, 5.41) is -0.274. The average molecular weight is 374 g/mol. The Hall–Kier alpha value is -1.26. The van der Waals surface area contributed by atoms with Crippen molar-refractivity contribution in [3.8, 4) is 0 Å². The second kappa shape index (κ2) is 5.63. The highest BCUT2D eigenvalue weighted by Crippen LogP contribution is 2.52. The summed E-state index contributed by atoms with van der Waals surface area (Å²) in [6.07, 6.45) is 3.59. The Morgan fingerprint density at radius 1 is 1.29 bits per heavy atom. The Kier molecular flexibility index (Phi) is 4.12. The van der Waals surface area contributed by atoms with Crippen molar-refractivity contribution in [3.63, 3.8) is 0 Å².